The first kappa shape index (κ1) is 87.0. The number of amides is 6. The lowest BCUT2D eigenvalue weighted by molar-refractivity contribution is -0.140. The van der Waals surface area contributed by atoms with Gasteiger partial charge in [0, 0.05) is 95.5 Å². The van der Waals surface area contributed by atoms with Crippen molar-refractivity contribution in [3.05, 3.63) is 194 Å². The zero-order valence-corrected chi connectivity index (χ0v) is 68.2. The number of nitrogens with one attached hydrogen (secondary N) is 6. The SMILES string of the molecule is COc1cc(C(=O)NC2CCN(C)CC2)c(F)cc1Nc1ncc(C(F)(F)F)c(Oc2cccc3c2C(=O)N(C)C3)n1.COc1cc(C(=O)NC2CCN(C)CC2)ccc1Nc1ncc(Cl)c(Oc2cccc3c2C(=O)N(C)C3)n1.COc1cc(C(=O)N[C@H]2CCN(C)C[C@H]2F)ccc1Nc1ncc(C(F)(F)F)c(Oc2cccc3c2C(=O)N(C)C3)n1. The number of halogens is 9. The normalized spacial score (nSPS) is 16.9. The van der Waals surface area contributed by atoms with Crippen LogP contribution in [0.5, 0.6) is 52.1 Å². The molecule has 3 saturated heterocycles. The number of ether oxygens (including phenoxy) is 6. The van der Waals surface area contributed by atoms with Gasteiger partial charge in [-0.2, -0.15) is 41.3 Å². The first-order valence-corrected chi connectivity index (χ1v) is 38.8. The van der Waals surface area contributed by atoms with Crippen LogP contribution in [-0.2, 0) is 32.0 Å². The number of hydrogen-bond acceptors (Lipinski definition) is 24. The number of anilines is 6. The lowest BCUT2D eigenvalue weighted by Gasteiger charge is -2.32. The minimum absolute atomic E-state index is 0.0328. The summed E-state index contributed by atoms with van der Waals surface area (Å²) in [6.07, 6.45) is -4.64. The van der Waals surface area contributed by atoms with Gasteiger partial charge in [0.1, 0.15) is 62.6 Å². The van der Waals surface area contributed by atoms with Crippen LogP contribution >= 0.6 is 11.6 Å². The van der Waals surface area contributed by atoms with E-state index in [1.165, 1.54) is 73.7 Å². The molecule has 30 nitrogen and oxygen atoms in total. The number of aromatic nitrogens is 6. The molecule has 6 amide bonds. The fraction of sp³-hybridized carbons (Fsp3) is 0.349. The van der Waals surface area contributed by atoms with Gasteiger partial charge in [0.25, 0.3) is 35.4 Å². The largest absolute Gasteiger partial charge is 0.495 e. The van der Waals surface area contributed by atoms with Crippen molar-refractivity contribution >= 4 is 82.0 Å². The first-order valence-electron chi connectivity index (χ1n) is 38.4. The molecule has 9 aromatic rings. The standard InChI is InChI=1S/2C28H28F4N6O4.C27H29ClN6O4/c1-37-9-7-16(8-10-37)34-24(39)17-11-22(41-3)20(12-19(17)29)35-27-33-13-18(28(30,31)32)25(36-27)42-21-6-4-5-15-14-38(2)26(40)23(15)21;1-37-10-9-19(18(29)14-37)34-24(39)15-7-8-20(22(11-15)41-3)35-27-33-12-17(28(30,31)32)25(36-27)42-21-6-4-5-16-13-38(2)26(40)23(16)21;1-33-11-9-18(10-12-33)30-24(35)16-7-8-20(22(13-16)37-3)31-27-29-14-19(28)25(32-27)38-21-6-4-5-17-15-34(2)26(36)23(17)21/h4-6,11-13,16H,7-10,14H2,1-3H3,(H,34,39)(H,33,35,36);4-8,11-12,18-19H,9-10,13-14H2,1-3H3,(H,34,39)(H,33,35,36);4-8,13-14,18H,9-12,15H2,1-3H3,(H,30,35)(H,29,31,32)/t;18-,19+;/m.1./s1. The van der Waals surface area contributed by atoms with Crippen LogP contribution in [0, 0.1) is 5.82 Å². The first-order chi connectivity index (χ1) is 58.2. The minimum Gasteiger partial charge on any atom is -0.495 e. The van der Waals surface area contributed by atoms with Crippen LogP contribution in [0.4, 0.5) is 70.0 Å². The second-order valence-electron chi connectivity index (χ2n) is 29.8. The Morgan fingerprint density at radius 2 is 0.828 bits per heavy atom. The predicted octanol–water partition coefficient (Wildman–Crippen LogP) is 13.1. The van der Waals surface area contributed by atoms with E-state index in [9.17, 15) is 59.5 Å². The summed E-state index contributed by atoms with van der Waals surface area (Å²) in [6, 6.07) is 25.8. The second-order valence-corrected chi connectivity index (χ2v) is 30.2. The number of hydrogen-bond donors (Lipinski definition) is 6. The van der Waals surface area contributed by atoms with Crippen LogP contribution in [0.2, 0.25) is 5.02 Å². The molecule has 122 heavy (non-hydrogen) atoms. The zero-order chi connectivity index (χ0) is 87.2. The Balaban J connectivity index is 0.000000158. The van der Waals surface area contributed by atoms with Crippen LogP contribution in [0.25, 0.3) is 0 Å². The number of benzene rings is 6. The third-order valence-corrected chi connectivity index (χ3v) is 21.3. The predicted molar refractivity (Wildman–Crippen MR) is 431 cm³/mol. The van der Waals surface area contributed by atoms with Crippen molar-refractivity contribution in [3.63, 3.8) is 0 Å². The highest BCUT2D eigenvalue weighted by atomic mass is 35.5. The van der Waals surface area contributed by atoms with Crippen molar-refractivity contribution in [1.29, 1.82) is 0 Å². The summed E-state index contributed by atoms with van der Waals surface area (Å²) in [5.41, 5.74) is 1.62. The van der Waals surface area contributed by atoms with Crippen LogP contribution in [0.15, 0.2) is 122 Å². The number of piperidine rings is 3. The zero-order valence-electron chi connectivity index (χ0n) is 67.4. The van der Waals surface area contributed by atoms with E-state index in [-0.39, 0.29) is 128 Å². The van der Waals surface area contributed by atoms with Gasteiger partial charge in [-0.25, -0.2) is 23.7 Å². The topological polar surface area (TPSA) is 327 Å². The number of fused-ring (bicyclic) bond motifs is 3. The van der Waals surface area contributed by atoms with E-state index in [4.69, 9.17) is 40.0 Å². The van der Waals surface area contributed by atoms with E-state index >= 15 is 4.39 Å². The van der Waals surface area contributed by atoms with Gasteiger partial charge in [-0.05, 0) is 157 Å². The third kappa shape index (κ3) is 20.1. The van der Waals surface area contributed by atoms with E-state index in [0.717, 1.165) is 63.5 Å². The van der Waals surface area contributed by atoms with Gasteiger partial charge in [-0.1, -0.05) is 48.0 Å². The summed E-state index contributed by atoms with van der Waals surface area (Å²) in [5.74, 6) is -4.11. The lowest BCUT2D eigenvalue weighted by Crippen LogP contribution is -2.51. The molecule has 0 spiro atoms. The maximum absolute atomic E-state index is 15.1. The summed E-state index contributed by atoms with van der Waals surface area (Å²) >= 11 is 6.32. The van der Waals surface area contributed by atoms with Gasteiger partial charge >= 0.3 is 12.4 Å². The van der Waals surface area contributed by atoms with Gasteiger partial charge in [-0.15, -0.1) is 0 Å². The number of likely N-dealkylation sites (tertiary alicyclic amines) is 3. The van der Waals surface area contributed by atoms with Gasteiger partial charge in [0.15, 0.2) is 0 Å². The summed E-state index contributed by atoms with van der Waals surface area (Å²) in [7, 11) is 14.9. The number of nitrogens with zero attached hydrogens (tertiary/aromatic N) is 12. The van der Waals surface area contributed by atoms with E-state index in [1.807, 2.05) is 31.1 Å². The Bertz CT molecular complexity index is 5470. The number of rotatable bonds is 21. The number of carbonyl (C=O) groups excluding carboxylic acids is 6. The van der Waals surface area contributed by atoms with Gasteiger partial charge in [-0.3, -0.25) is 28.8 Å². The van der Waals surface area contributed by atoms with Gasteiger partial charge in [0.2, 0.25) is 35.5 Å². The summed E-state index contributed by atoms with van der Waals surface area (Å²) in [6.45, 7) is 5.50. The Labute approximate surface area is 699 Å². The lowest BCUT2D eigenvalue weighted by atomic mass is 10.0. The molecule has 6 aliphatic rings. The molecule has 3 fully saturated rings. The Kier molecular flexibility index (Phi) is 26.4. The quantitative estimate of drug-likeness (QED) is 0.0364. The monoisotopic (exact) mass is 1710 g/mol. The van der Waals surface area contributed by atoms with E-state index < -0.39 is 71.0 Å². The van der Waals surface area contributed by atoms with Crippen LogP contribution in [0.1, 0.15) is 122 Å². The number of methoxy groups -OCH3 is 3. The van der Waals surface area contributed by atoms with Gasteiger partial charge < -0.3 is 89.7 Å². The number of carbonyl (C=O) groups is 6. The van der Waals surface area contributed by atoms with Crippen molar-refractivity contribution in [2.75, 3.05) is 119 Å². The van der Waals surface area contributed by atoms with Crippen molar-refractivity contribution in [3.8, 4) is 52.1 Å². The molecule has 0 unspecified atom stereocenters. The number of alkyl halides is 7. The summed E-state index contributed by atoms with van der Waals surface area (Å²) in [4.78, 5) is 111. The second kappa shape index (κ2) is 37.0. The maximum atomic E-state index is 15.1. The molecular weight excluding hydrogens is 1630 g/mol. The molecule has 3 aromatic heterocycles. The average Bonchev–Trinajstić information content (AvgIpc) is 1.54. The molecule has 9 heterocycles. The van der Waals surface area contributed by atoms with E-state index in [0.29, 0.717) is 77.9 Å². The van der Waals surface area contributed by atoms with Gasteiger partial charge in [0.05, 0.1) is 72.9 Å². The molecule has 6 N–H and O–H groups in total. The van der Waals surface area contributed by atoms with Crippen molar-refractivity contribution in [2.45, 2.75) is 88.4 Å². The molecule has 642 valence electrons. The van der Waals surface area contributed by atoms with Crippen LogP contribution < -0.4 is 60.3 Å². The molecule has 0 aliphatic carbocycles. The van der Waals surface area contributed by atoms with Crippen molar-refractivity contribution in [1.82, 2.24) is 75.3 Å². The molecule has 0 saturated carbocycles. The van der Waals surface area contributed by atoms with Crippen molar-refractivity contribution in [2.24, 2.45) is 0 Å². The molecule has 6 aliphatic heterocycles. The Morgan fingerprint density at radius 1 is 0.451 bits per heavy atom. The van der Waals surface area contributed by atoms with E-state index in [2.05, 4.69) is 78.7 Å². The highest BCUT2D eigenvalue weighted by Gasteiger charge is 2.41. The van der Waals surface area contributed by atoms with Crippen LogP contribution in [-0.4, -0.2) is 222 Å². The third-order valence-electron chi connectivity index (χ3n) is 21.1. The van der Waals surface area contributed by atoms with Crippen molar-refractivity contribution < 1.29 is 92.3 Å². The minimum atomic E-state index is -4.88. The molecule has 0 bridgehead atoms. The molecule has 0 radical (unpaired) electrons. The molecule has 2 atom stereocenters. The average molecular weight is 1710 g/mol. The maximum Gasteiger partial charge on any atom is 0.423 e. The highest BCUT2D eigenvalue weighted by Crippen LogP contribution is 2.44. The van der Waals surface area contributed by atoms with E-state index in [1.54, 1.807) is 74.6 Å². The fourth-order valence-corrected chi connectivity index (χ4v) is 14.5. The van der Waals surface area contributed by atoms with Crippen LogP contribution in [0.3, 0.4) is 0 Å². The highest BCUT2D eigenvalue weighted by molar-refractivity contribution is 6.31. The molecule has 6 aromatic carbocycles. The fourth-order valence-electron chi connectivity index (χ4n) is 14.4. The summed E-state index contributed by atoms with van der Waals surface area (Å²) in [5, 5.41) is 17.4. The molecular formula is C83H85ClF8N18O12. The summed E-state index contributed by atoms with van der Waals surface area (Å²) < 4.78 is 146. The molecule has 39 heteroatoms. The smallest absolute Gasteiger partial charge is 0.423 e. The Hall–Kier alpha value is -12.8. The molecule has 15 rings (SSSR count). The Morgan fingerprint density at radius 3 is 1.25 bits per heavy atom.